The molecule has 15 heavy (non-hydrogen) atoms. The van der Waals surface area contributed by atoms with Crippen molar-refractivity contribution in [2.24, 2.45) is 5.92 Å². The third-order valence-electron chi connectivity index (χ3n) is 3.46. The van der Waals surface area contributed by atoms with Gasteiger partial charge in [0.25, 0.3) is 0 Å². The Kier molecular flexibility index (Phi) is 1.88. The van der Waals surface area contributed by atoms with Crippen molar-refractivity contribution >= 4 is 0 Å². The van der Waals surface area contributed by atoms with Crippen molar-refractivity contribution < 1.29 is 4.39 Å². The minimum absolute atomic E-state index is 0.461. The summed E-state index contributed by atoms with van der Waals surface area (Å²) in [5, 5.41) is 4.44. The molecule has 2 aliphatic rings. The zero-order chi connectivity index (χ0) is 10.5. The Bertz CT molecular complexity index is 354. The summed E-state index contributed by atoms with van der Waals surface area (Å²) in [4.78, 5) is 4.49. The van der Waals surface area contributed by atoms with E-state index in [-0.39, 0.29) is 0 Å². The summed E-state index contributed by atoms with van der Waals surface area (Å²) in [6.07, 6.45) is 4.44. The Hall–Kier alpha value is -0.930. The molecule has 1 aliphatic heterocycles. The van der Waals surface area contributed by atoms with Crippen LogP contribution in [0.2, 0.25) is 0 Å². The van der Waals surface area contributed by atoms with Crippen LogP contribution in [0, 0.1) is 5.92 Å². The Morgan fingerprint density at radius 3 is 3.00 bits per heavy atom. The van der Waals surface area contributed by atoms with E-state index in [4.69, 9.17) is 0 Å². The molecule has 1 aromatic heterocycles. The Balaban J connectivity index is 1.64. The monoisotopic (exact) mass is 209 g/mol. The van der Waals surface area contributed by atoms with Gasteiger partial charge in [0, 0.05) is 19.4 Å². The maximum absolute atomic E-state index is 13.3. The van der Waals surface area contributed by atoms with Gasteiger partial charge < -0.3 is 0 Å². The lowest BCUT2D eigenvalue weighted by Crippen LogP contribution is -2.37. The molecule has 2 heterocycles. The standard InChI is InChI=1S/C11H16FN3/c1-11(12)6-8(7-11)5-9-13-10-3-2-4-15(10)14-9/h8H,2-7H2,1H3. The number of aromatic nitrogens is 3. The number of alkyl halides is 1. The average Bonchev–Trinajstić information content (AvgIpc) is 2.59. The van der Waals surface area contributed by atoms with Gasteiger partial charge in [-0.05, 0) is 32.1 Å². The molecular formula is C11H16FN3. The summed E-state index contributed by atoms with van der Waals surface area (Å²) in [7, 11) is 0. The molecule has 1 saturated carbocycles. The number of halogens is 1. The summed E-state index contributed by atoms with van der Waals surface area (Å²) in [6, 6.07) is 0. The minimum atomic E-state index is -0.923. The lowest BCUT2D eigenvalue weighted by Gasteiger charge is -2.38. The maximum Gasteiger partial charge on any atom is 0.151 e. The zero-order valence-electron chi connectivity index (χ0n) is 9.04. The number of nitrogens with zero attached hydrogens (tertiary/aromatic N) is 3. The summed E-state index contributed by atoms with van der Waals surface area (Å²) in [6.45, 7) is 2.69. The van der Waals surface area contributed by atoms with Crippen molar-refractivity contribution in [2.75, 3.05) is 0 Å². The third-order valence-corrected chi connectivity index (χ3v) is 3.46. The molecule has 0 saturated heterocycles. The fraction of sp³-hybridized carbons (Fsp3) is 0.818. The highest BCUT2D eigenvalue weighted by Crippen LogP contribution is 2.42. The first-order valence-electron chi connectivity index (χ1n) is 5.74. The van der Waals surface area contributed by atoms with Crippen molar-refractivity contribution in [3.05, 3.63) is 11.6 Å². The predicted molar refractivity (Wildman–Crippen MR) is 54.3 cm³/mol. The van der Waals surface area contributed by atoms with Crippen molar-refractivity contribution in [2.45, 2.75) is 51.2 Å². The molecule has 1 fully saturated rings. The SMILES string of the molecule is CC1(F)CC(Cc2nc3n(n2)CCC3)C1. The number of hydrogen-bond acceptors (Lipinski definition) is 2. The topological polar surface area (TPSA) is 30.7 Å². The van der Waals surface area contributed by atoms with Crippen LogP contribution in [0.4, 0.5) is 4.39 Å². The molecular weight excluding hydrogens is 193 g/mol. The predicted octanol–water partition coefficient (Wildman–Crippen LogP) is 1.91. The van der Waals surface area contributed by atoms with E-state index in [9.17, 15) is 4.39 Å². The normalized spacial score (nSPS) is 33.9. The van der Waals surface area contributed by atoms with E-state index in [1.807, 2.05) is 4.68 Å². The highest BCUT2D eigenvalue weighted by Gasteiger charge is 2.40. The molecule has 0 amide bonds. The van der Waals surface area contributed by atoms with Gasteiger partial charge in [-0.15, -0.1) is 0 Å². The molecule has 1 aliphatic carbocycles. The number of hydrogen-bond donors (Lipinski definition) is 0. The van der Waals surface area contributed by atoms with Crippen molar-refractivity contribution in [1.29, 1.82) is 0 Å². The maximum atomic E-state index is 13.3. The summed E-state index contributed by atoms with van der Waals surface area (Å²) in [5.74, 6) is 2.50. The van der Waals surface area contributed by atoms with Gasteiger partial charge in [-0.25, -0.2) is 14.1 Å². The molecule has 3 nitrogen and oxygen atoms in total. The molecule has 0 atom stereocenters. The molecule has 0 radical (unpaired) electrons. The molecule has 1 aromatic rings. The zero-order valence-corrected chi connectivity index (χ0v) is 9.04. The molecule has 82 valence electrons. The first-order valence-corrected chi connectivity index (χ1v) is 5.74. The highest BCUT2D eigenvalue weighted by atomic mass is 19.1. The Labute approximate surface area is 88.7 Å². The van der Waals surface area contributed by atoms with E-state index < -0.39 is 5.67 Å². The lowest BCUT2D eigenvalue weighted by atomic mass is 9.72. The smallest absolute Gasteiger partial charge is 0.151 e. The summed E-state index contributed by atoms with van der Waals surface area (Å²) in [5.41, 5.74) is -0.923. The Morgan fingerprint density at radius 2 is 2.33 bits per heavy atom. The fourth-order valence-electron chi connectivity index (χ4n) is 2.81. The number of aryl methyl sites for hydroxylation is 2. The van der Waals surface area contributed by atoms with Crippen molar-refractivity contribution in [3.8, 4) is 0 Å². The van der Waals surface area contributed by atoms with Gasteiger partial charge in [0.2, 0.25) is 0 Å². The van der Waals surface area contributed by atoms with Crippen LogP contribution in [0.1, 0.15) is 37.8 Å². The van der Waals surface area contributed by atoms with Crippen LogP contribution >= 0.6 is 0 Å². The van der Waals surface area contributed by atoms with Gasteiger partial charge in [-0.3, -0.25) is 0 Å². The largest absolute Gasteiger partial charge is 0.250 e. The van der Waals surface area contributed by atoms with Crippen LogP contribution in [0.3, 0.4) is 0 Å². The van der Waals surface area contributed by atoms with Gasteiger partial charge in [-0.1, -0.05) is 0 Å². The van der Waals surface area contributed by atoms with Gasteiger partial charge >= 0.3 is 0 Å². The molecule has 0 aromatic carbocycles. The van der Waals surface area contributed by atoms with E-state index in [2.05, 4.69) is 10.1 Å². The van der Waals surface area contributed by atoms with Crippen LogP contribution in [0.25, 0.3) is 0 Å². The second kappa shape index (κ2) is 3.03. The molecule has 3 rings (SSSR count). The Morgan fingerprint density at radius 1 is 1.53 bits per heavy atom. The summed E-state index contributed by atoms with van der Waals surface area (Å²) >= 11 is 0. The molecule has 0 spiro atoms. The van der Waals surface area contributed by atoms with Gasteiger partial charge in [0.1, 0.15) is 11.5 Å². The van der Waals surface area contributed by atoms with E-state index in [0.717, 1.165) is 31.0 Å². The second-order valence-corrected chi connectivity index (χ2v) is 5.16. The van der Waals surface area contributed by atoms with E-state index >= 15 is 0 Å². The highest BCUT2D eigenvalue weighted by molar-refractivity contribution is 5.01. The minimum Gasteiger partial charge on any atom is -0.250 e. The van der Waals surface area contributed by atoms with Gasteiger partial charge in [-0.2, -0.15) is 5.10 Å². The number of fused-ring (bicyclic) bond motifs is 1. The first-order chi connectivity index (χ1) is 7.12. The quantitative estimate of drug-likeness (QED) is 0.745. The summed E-state index contributed by atoms with van der Waals surface area (Å²) < 4.78 is 15.3. The number of rotatable bonds is 2. The third kappa shape index (κ3) is 1.66. The van der Waals surface area contributed by atoms with E-state index in [0.29, 0.717) is 18.8 Å². The molecule has 0 N–H and O–H groups in total. The van der Waals surface area contributed by atoms with Gasteiger partial charge in [0.05, 0.1) is 0 Å². The van der Waals surface area contributed by atoms with Crippen LogP contribution < -0.4 is 0 Å². The molecule has 4 heteroatoms. The first kappa shape index (κ1) is 9.31. The van der Waals surface area contributed by atoms with Gasteiger partial charge in [0.15, 0.2) is 5.82 Å². The molecule has 0 unspecified atom stereocenters. The van der Waals surface area contributed by atoms with Crippen LogP contribution in [0.5, 0.6) is 0 Å². The van der Waals surface area contributed by atoms with Crippen LogP contribution in [0.15, 0.2) is 0 Å². The van der Waals surface area contributed by atoms with E-state index in [1.165, 1.54) is 6.42 Å². The van der Waals surface area contributed by atoms with E-state index in [1.54, 1.807) is 6.92 Å². The average molecular weight is 209 g/mol. The second-order valence-electron chi connectivity index (χ2n) is 5.16. The molecule has 0 bridgehead atoms. The van der Waals surface area contributed by atoms with Crippen molar-refractivity contribution in [3.63, 3.8) is 0 Å². The van der Waals surface area contributed by atoms with Crippen molar-refractivity contribution in [1.82, 2.24) is 14.8 Å². The van der Waals surface area contributed by atoms with Crippen LogP contribution in [-0.4, -0.2) is 20.4 Å². The van der Waals surface area contributed by atoms with Crippen LogP contribution in [-0.2, 0) is 19.4 Å². The fourth-order valence-corrected chi connectivity index (χ4v) is 2.81. The lowest BCUT2D eigenvalue weighted by molar-refractivity contribution is 0.0248.